The zero-order valence-corrected chi connectivity index (χ0v) is 18.1. The van der Waals surface area contributed by atoms with Gasteiger partial charge >= 0.3 is 11.8 Å². The van der Waals surface area contributed by atoms with Crippen molar-refractivity contribution in [3.63, 3.8) is 0 Å². The number of nitrogens with zero attached hydrogens (tertiary/aromatic N) is 4. The van der Waals surface area contributed by atoms with Crippen molar-refractivity contribution in [2.75, 3.05) is 35.8 Å². The molecule has 0 fully saturated rings. The first-order chi connectivity index (χ1) is 15.9. The van der Waals surface area contributed by atoms with Crippen LogP contribution in [-0.4, -0.2) is 52.0 Å². The van der Waals surface area contributed by atoms with Crippen LogP contribution in [-0.2, 0) is 11.3 Å². The van der Waals surface area contributed by atoms with Crippen molar-refractivity contribution in [2.24, 2.45) is 0 Å². The van der Waals surface area contributed by atoms with Gasteiger partial charge in [0, 0.05) is 0 Å². The number of nitro groups is 1. The second-order valence-corrected chi connectivity index (χ2v) is 7.18. The van der Waals surface area contributed by atoms with Crippen molar-refractivity contribution >= 4 is 29.4 Å². The molecule has 4 bridgehead atoms. The van der Waals surface area contributed by atoms with E-state index in [4.69, 9.17) is 15.2 Å². The largest absolute Gasteiger partial charge is 0.490 e. The van der Waals surface area contributed by atoms with E-state index in [0.717, 1.165) is 4.90 Å². The Kier molecular flexibility index (Phi) is 7.97. The molecule has 2 heterocycles. The van der Waals surface area contributed by atoms with Gasteiger partial charge in [0.1, 0.15) is 12.4 Å². The molecule has 1 amide bonds. The zero-order valence-electron chi connectivity index (χ0n) is 18.1. The number of carbonyl (C=O) groups excluding carboxylic acids is 1. The summed E-state index contributed by atoms with van der Waals surface area (Å²) < 4.78 is 10.9. The predicted octanol–water partition coefficient (Wildman–Crippen LogP) is 2.63. The molecule has 0 spiro atoms. The lowest BCUT2D eigenvalue weighted by atomic mass is 10.1. The SMILES string of the molecule is CCOC(=O)N1Cc2cccc(c2)OCC=CCCC(CO)Nc2nc(N)c([N+](=O)[O-])c1n2. The lowest BCUT2D eigenvalue weighted by Crippen LogP contribution is -2.33. The molecule has 12 heteroatoms. The van der Waals surface area contributed by atoms with Gasteiger partial charge < -0.3 is 25.6 Å². The molecule has 2 aromatic rings. The first-order valence-corrected chi connectivity index (χ1v) is 10.4. The minimum Gasteiger partial charge on any atom is -0.490 e. The predicted molar refractivity (Wildman–Crippen MR) is 121 cm³/mol. The van der Waals surface area contributed by atoms with E-state index in [0.29, 0.717) is 30.8 Å². The molecule has 33 heavy (non-hydrogen) atoms. The van der Waals surface area contributed by atoms with Crippen molar-refractivity contribution in [2.45, 2.75) is 32.4 Å². The smallest absolute Gasteiger partial charge is 0.415 e. The van der Waals surface area contributed by atoms with Gasteiger partial charge in [0.05, 0.1) is 30.7 Å². The average Bonchev–Trinajstić information content (AvgIpc) is 2.78. The molecule has 3 rings (SSSR count). The monoisotopic (exact) mass is 458 g/mol. The summed E-state index contributed by atoms with van der Waals surface area (Å²) in [5.41, 5.74) is 5.91. The quantitative estimate of drug-likeness (QED) is 0.353. The Morgan fingerprint density at radius 1 is 1.42 bits per heavy atom. The lowest BCUT2D eigenvalue weighted by Gasteiger charge is -2.23. The third-order valence-corrected chi connectivity index (χ3v) is 4.81. The minimum atomic E-state index is -0.835. The van der Waals surface area contributed by atoms with Crippen molar-refractivity contribution in [1.82, 2.24) is 9.97 Å². The molecular weight excluding hydrogens is 432 g/mol. The van der Waals surface area contributed by atoms with E-state index in [9.17, 15) is 20.0 Å². The van der Waals surface area contributed by atoms with Gasteiger partial charge in [-0.25, -0.2) is 4.79 Å². The number of nitrogens with one attached hydrogen (secondary N) is 1. The van der Waals surface area contributed by atoms with Gasteiger partial charge in [-0.3, -0.25) is 15.0 Å². The maximum absolute atomic E-state index is 12.8. The Morgan fingerprint density at radius 2 is 2.24 bits per heavy atom. The number of amides is 1. The number of nitrogen functional groups attached to an aromatic ring is 1. The van der Waals surface area contributed by atoms with Crippen LogP contribution in [0.2, 0.25) is 0 Å². The summed E-state index contributed by atoms with van der Waals surface area (Å²) in [5, 5.41) is 24.5. The minimum absolute atomic E-state index is 0.0467. The second kappa shape index (κ2) is 11.1. The van der Waals surface area contributed by atoms with Crippen LogP contribution >= 0.6 is 0 Å². The van der Waals surface area contributed by atoms with Crippen LogP contribution in [0, 0.1) is 10.1 Å². The summed E-state index contributed by atoms with van der Waals surface area (Å²) in [6.07, 6.45) is 4.12. The van der Waals surface area contributed by atoms with Gasteiger partial charge in [0.2, 0.25) is 17.6 Å². The molecule has 4 N–H and O–H groups in total. The second-order valence-electron chi connectivity index (χ2n) is 7.18. The van der Waals surface area contributed by atoms with Gasteiger partial charge in [-0.2, -0.15) is 9.97 Å². The summed E-state index contributed by atoms with van der Waals surface area (Å²) in [7, 11) is 0. The number of fused-ring (bicyclic) bond motifs is 4. The first kappa shape index (κ1) is 23.7. The molecule has 0 radical (unpaired) electrons. The van der Waals surface area contributed by atoms with E-state index >= 15 is 0 Å². The van der Waals surface area contributed by atoms with E-state index in [1.807, 2.05) is 12.2 Å². The average molecular weight is 458 g/mol. The maximum Gasteiger partial charge on any atom is 0.415 e. The summed E-state index contributed by atoms with van der Waals surface area (Å²) in [6, 6.07) is 6.55. The van der Waals surface area contributed by atoms with Crippen molar-refractivity contribution < 1.29 is 24.3 Å². The number of hydrogen-bond donors (Lipinski definition) is 3. The van der Waals surface area contributed by atoms with Gasteiger partial charge in [-0.05, 0) is 37.5 Å². The van der Waals surface area contributed by atoms with Crippen LogP contribution in [0.5, 0.6) is 5.75 Å². The first-order valence-electron chi connectivity index (χ1n) is 10.4. The number of anilines is 3. The molecule has 176 valence electrons. The highest BCUT2D eigenvalue weighted by molar-refractivity contribution is 5.91. The van der Waals surface area contributed by atoms with Crippen LogP contribution in [0.15, 0.2) is 36.4 Å². The van der Waals surface area contributed by atoms with Gasteiger partial charge in [-0.1, -0.05) is 24.3 Å². The number of rotatable bonds is 3. The summed E-state index contributed by atoms with van der Waals surface area (Å²) in [4.78, 5) is 33.1. The van der Waals surface area contributed by atoms with Crippen molar-refractivity contribution in [1.29, 1.82) is 0 Å². The number of carbonyl (C=O) groups is 1. The molecule has 12 nitrogen and oxygen atoms in total. The highest BCUT2D eigenvalue weighted by Crippen LogP contribution is 2.34. The Bertz CT molecular complexity index is 1030. The van der Waals surface area contributed by atoms with Gasteiger partial charge in [0.15, 0.2) is 0 Å². The summed E-state index contributed by atoms with van der Waals surface area (Å²) >= 11 is 0. The maximum atomic E-state index is 12.8. The topological polar surface area (TPSA) is 166 Å². The molecule has 0 saturated heterocycles. The molecule has 1 atom stereocenters. The van der Waals surface area contributed by atoms with E-state index in [2.05, 4.69) is 15.3 Å². The lowest BCUT2D eigenvalue weighted by molar-refractivity contribution is -0.383. The number of aromatic nitrogens is 2. The fourth-order valence-corrected chi connectivity index (χ4v) is 3.25. The Balaban J connectivity index is 2.15. The molecule has 0 saturated carbocycles. The number of aliphatic hydroxyl groups is 1. The van der Waals surface area contributed by atoms with Crippen molar-refractivity contribution in [3.05, 3.63) is 52.1 Å². The number of hydrogen-bond acceptors (Lipinski definition) is 10. The molecule has 0 aliphatic carbocycles. The third kappa shape index (κ3) is 6.07. The summed E-state index contributed by atoms with van der Waals surface area (Å²) in [5.74, 6) is -0.213. The fourth-order valence-electron chi connectivity index (χ4n) is 3.25. The molecule has 1 unspecified atom stereocenters. The molecule has 1 aromatic heterocycles. The fraction of sp³-hybridized carbons (Fsp3) is 0.381. The van der Waals surface area contributed by atoms with E-state index in [-0.39, 0.29) is 31.5 Å². The number of nitrogens with two attached hydrogens (primary N) is 1. The van der Waals surface area contributed by atoms with Crippen LogP contribution in [0.1, 0.15) is 25.3 Å². The Hall–Kier alpha value is -3.93. The zero-order chi connectivity index (χ0) is 23.8. The number of aliphatic hydroxyl groups excluding tert-OH is 1. The van der Waals surface area contributed by atoms with Crippen LogP contribution in [0.25, 0.3) is 0 Å². The highest BCUT2D eigenvalue weighted by atomic mass is 16.6. The number of ether oxygens (including phenoxy) is 2. The number of allylic oxidation sites excluding steroid dienone is 1. The van der Waals surface area contributed by atoms with Crippen LogP contribution in [0.3, 0.4) is 0 Å². The molecular formula is C21H26N6O6. The number of benzene rings is 1. The third-order valence-electron chi connectivity index (χ3n) is 4.81. The van der Waals surface area contributed by atoms with Crippen LogP contribution in [0.4, 0.5) is 28.1 Å². The Morgan fingerprint density at radius 3 is 2.97 bits per heavy atom. The molecule has 1 aliphatic rings. The molecule has 1 aromatic carbocycles. The van der Waals surface area contributed by atoms with Gasteiger partial charge in [-0.15, -0.1) is 0 Å². The van der Waals surface area contributed by atoms with E-state index in [1.54, 1.807) is 31.2 Å². The normalized spacial score (nSPS) is 16.4. The van der Waals surface area contributed by atoms with E-state index < -0.39 is 28.6 Å². The van der Waals surface area contributed by atoms with E-state index in [1.165, 1.54) is 0 Å². The van der Waals surface area contributed by atoms with Gasteiger partial charge in [0.25, 0.3) is 0 Å². The highest BCUT2D eigenvalue weighted by Gasteiger charge is 2.32. The molecule has 1 aliphatic heterocycles. The summed E-state index contributed by atoms with van der Waals surface area (Å²) in [6.45, 7) is 1.69. The Labute approximate surface area is 190 Å². The standard InChI is InChI=1S/C21H26N6O6/c1-2-32-21(29)26-12-14-7-6-9-16(11-14)33-10-5-3-4-8-15(13-28)23-20-24-18(22)17(27(30)31)19(26)25-20/h3,5-7,9,11,15,28H,2,4,8,10,12-13H2,1H3,(H3,22,23,24,25). The van der Waals surface area contributed by atoms with Crippen molar-refractivity contribution in [3.8, 4) is 5.75 Å². The van der Waals surface area contributed by atoms with Crippen LogP contribution < -0.4 is 20.7 Å².